The minimum atomic E-state index is -0.536. The molecule has 0 saturated carbocycles. The minimum absolute atomic E-state index is 0.113. The normalized spacial score (nSPS) is 10.8. The van der Waals surface area contributed by atoms with Gasteiger partial charge in [-0.1, -0.05) is 12.1 Å². The Morgan fingerprint density at radius 2 is 2.14 bits per heavy atom. The second-order valence-corrected chi connectivity index (χ2v) is 4.47. The molecule has 1 aromatic heterocycles. The van der Waals surface area contributed by atoms with E-state index in [0.717, 1.165) is 0 Å². The number of nitrogens with one attached hydrogen (secondary N) is 3. The van der Waals surface area contributed by atoms with Gasteiger partial charge in [0.2, 0.25) is 5.91 Å². The molecule has 9 heteroatoms. The van der Waals surface area contributed by atoms with E-state index in [1.165, 1.54) is 24.4 Å². The van der Waals surface area contributed by atoms with Gasteiger partial charge < -0.3 is 5.10 Å². The molecule has 0 aliphatic carbocycles. The molecule has 22 heavy (non-hydrogen) atoms. The molecule has 0 bridgehead atoms. The smallest absolute Gasteiger partial charge is 0.278 e. The van der Waals surface area contributed by atoms with Crippen molar-refractivity contribution in [3.8, 4) is 0 Å². The Labute approximate surface area is 124 Å². The average Bonchev–Trinajstić information content (AvgIpc) is 2.79. The van der Waals surface area contributed by atoms with Gasteiger partial charge in [0.25, 0.3) is 11.2 Å². The molecule has 9 nitrogen and oxygen atoms in total. The number of amides is 1. The number of hydrogen-bond acceptors (Lipinski definition) is 5. The van der Waals surface area contributed by atoms with Crippen LogP contribution in [-0.4, -0.2) is 27.2 Å². The molecule has 1 heterocycles. The molecule has 3 N–H and O–H groups in total. The van der Waals surface area contributed by atoms with Gasteiger partial charge in [0.05, 0.1) is 23.1 Å². The maximum Gasteiger partial charge on any atom is 0.278 e. The molecule has 0 fully saturated rings. The summed E-state index contributed by atoms with van der Waals surface area (Å²) >= 11 is 0. The second kappa shape index (κ2) is 6.48. The maximum absolute atomic E-state index is 11.7. The van der Waals surface area contributed by atoms with E-state index in [0.29, 0.717) is 11.3 Å². The Balaban J connectivity index is 2.03. The third kappa shape index (κ3) is 3.45. The molecule has 1 aromatic carbocycles. The number of hydrazone groups is 1. The predicted octanol–water partition coefficient (Wildman–Crippen LogP) is 0.612. The van der Waals surface area contributed by atoms with Crippen LogP contribution in [0, 0.1) is 17.0 Å². The summed E-state index contributed by atoms with van der Waals surface area (Å²) in [6.07, 6.45) is 1.04. The van der Waals surface area contributed by atoms with E-state index >= 15 is 0 Å². The first-order chi connectivity index (χ1) is 10.5. The van der Waals surface area contributed by atoms with Gasteiger partial charge in [-0.3, -0.25) is 24.8 Å². The zero-order valence-electron chi connectivity index (χ0n) is 11.6. The summed E-state index contributed by atoms with van der Waals surface area (Å²) in [5.41, 5.74) is 2.91. The SMILES string of the molecule is Cc1[nH][nH]c(=O)c1CC(=O)N/N=C/c1ccccc1[N+](=O)[O-]. The molecule has 1 amide bonds. The molecule has 0 atom stereocenters. The Morgan fingerprint density at radius 3 is 2.77 bits per heavy atom. The molecular formula is C13H13N5O4. The molecule has 0 spiro atoms. The van der Waals surface area contributed by atoms with Gasteiger partial charge in [-0.2, -0.15) is 5.10 Å². The number of nitro groups is 1. The van der Waals surface area contributed by atoms with Crippen molar-refractivity contribution in [3.05, 3.63) is 61.6 Å². The lowest BCUT2D eigenvalue weighted by molar-refractivity contribution is -0.385. The summed E-state index contributed by atoms with van der Waals surface area (Å²) in [7, 11) is 0. The number of H-pyrrole nitrogens is 2. The van der Waals surface area contributed by atoms with E-state index in [2.05, 4.69) is 20.7 Å². The minimum Gasteiger partial charge on any atom is -0.302 e. The molecule has 2 aromatic rings. The Kier molecular flexibility index (Phi) is 4.47. The highest BCUT2D eigenvalue weighted by molar-refractivity contribution is 5.86. The van der Waals surface area contributed by atoms with Crippen LogP contribution in [0.3, 0.4) is 0 Å². The Morgan fingerprint density at radius 1 is 1.41 bits per heavy atom. The van der Waals surface area contributed by atoms with Gasteiger partial charge in [0.15, 0.2) is 0 Å². The first-order valence-electron chi connectivity index (χ1n) is 6.30. The van der Waals surface area contributed by atoms with Gasteiger partial charge in [0.1, 0.15) is 0 Å². The zero-order valence-corrected chi connectivity index (χ0v) is 11.6. The number of aryl methyl sites for hydroxylation is 1. The van der Waals surface area contributed by atoms with Gasteiger partial charge >= 0.3 is 0 Å². The molecule has 2 rings (SSSR count). The Bertz CT molecular complexity index is 790. The van der Waals surface area contributed by atoms with Crippen LogP contribution in [0.4, 0.5) is 5.69 Å². The van der Waals surface area contributed by atoms with Crippen LogP contribution < -0.4 is 11.0 Å². The van der Waals surface area contributed by atoms with Crippen molar-refractivity contribution in [2.45, 2.75) is 13.3 Å². The fraction of sp³-hybridized carbons (Fsp3) is 0.154. The van der Waals surface area contributed by atoms with E-state index in [4.69, 9.17) is 0 Å². The number of rotatable bonds is 5. The lowest BCUT2D eigenvalue weighted by Gasteiger charge is -1.99. The highest BCUT2D eigenvalue weighted by atomic mass is 16.6. The third-order valence-electron chi connectivity index (χ3n) is 2.95. The van der Waals surface area contributed by atoms with Crippen LogP contribution in [-0.2, 0) is 11.2 Å². The quantitative estimate of drug-likeness (QED) is 0.424. The van der Waals surface area contributed by atoms with Crippen molar-refractivity contribution in [1.82, 2.24) is 15.6 Å². The molecule has 114 valence electrons. The maximum atomic E-state index is 11.7. The predicted molar refractivity (Wildman–Crippen MR) is 78.7 cm³/mol. The van der Waals surface area contributed by atoms with E-state index in [-0.39, 0.29) is 23.2 Å². The van der Waals surface area contributed by atoms with E-state index < -0.39 is 10.8 Å². The van der Waals surface area contributed by atoms with Crippen LogP contribution in [0.15, 0.2) is 34.2 Å². The van der Waals surface area contributed by atoms with Crippen molar-refractivity contribution in [2.75, 3.05) is 0 Å². The largest absolute Gasteiger partial charge is 0.302 e. The van der Waals surface area contributed by atoms with Crippen molar-refractivity contribution < 1.29 is 9.72 Å². The molecule has 0 aliphatic heterocycles. The van der Waals surface area contributed by atoms with Crippen LogP contribution in [0.5, 0.6) is 0 Å². The van der Waals surface area contributed by atoms with Gasteiger partial charge in [-0.05, 0) is 13.0 Å². The van der Waals surface area contributed by atoms with Gasteiger partial charge in [0, 0.05) is 17.3 Å². The number of nitro benzene ring substituents is 1. The summed E-state index contributed by atoms with van der Waals surface area (Å²) in [6.45, 7) is 1.66. The summed E-state index contributed by atoms with van der Waals surface area (Å²) in [4.78, 5) is 33.4. The van der Waals surface area contributed by atoms with Crippen molar-refractivity contribution >= 4 is 17.8 Å². The standard InChI is InChI=1S/C13H13N5O4/c1-8-10(13(20)17-15-8)6-12(19)16-14-7-9-4-2-3-5-11(9)18(21)22/h2-5,7H,6H2,1H3,(H,16,19)(H2,15,17,20)/b14-7+. The van der Waals surface area contributed by atoms with E-state index in [9.17, 15) is 19.7 Å². The zero-order chi connectivity index (χ0) is 16.1. The van der Waals surface area contributed by atoms with Crippen LogP contribution in [0.2, 0.25) is 0 Å². The first-order valence-corrected chi connectivity index (χ1v) is 6.30. The number of benzene rings is 1. The summed E-state index contributed by atoms with van der Waals surface area (Å²) < 4.78 is 0. The highest BCUT2D eigenvalue weighted by Gasteiger charge is 2.12. The highest BCUT2D eigenvalue weighted by Crippen LogP contribution is 2.14. The number of hydrogen-bond donors (Lipinski definition) is 3. The summed E-state index contributed by atoms with van der Waals surface area (Å²) in [5.74, 6) is -0.497. The third-order valence-corrected chi connectivity index (χ3v) is 2.95. The lowest BCUT2D eigenvalue weighted by Crippen LogP contribution is -2.23. The molecular weight excluding hydrogens is 290 g/mol. The fourth-order valence-electron chi connectivity index (χ4n) is 1.82. The van der Waals surface area contributed by atoms with Crippen molar-refractivity contribution in [1.29, 1.82) is 0 Å². The summed E-state index contributed by atoms with van der Waals surface area (Å²) in [6, 6.07) is 6.01. The van der Waals surface area contributed by atoms with Crippen molar-refractivity contribution in [2.24, 2.45) is 5.10 Å². The molecule has 0 unspecified atom stereocenters. The van der Waals surface area contributed by atoms with Crippen LogP contribution >= 0.6 is 0 Å². The number of carbonyl (C=O) groups is 1. The molecule has 0 saturated heterocycles. The first kappa shape index (κ1) is 15.2. The number of carbonyl (C=O) groups excluding carboxylic acids is 1. The summed E-state index contributed by atoms with van der Waals surface area (Å²) in [5, 5.41) is 19.5. The molecule has 0 aliphatic rings. The fourth-order valence-corrected chi connectivity index (χ4v) is 1.82. The number of para-hydroxylation sites is 1. The van der Waals surface area contributed by atoms with Crippen molar-refractivity contribution in [3.63, 3.8) is 0 Å². The van der Waals surface area contributed by atoms with Gasteiger partial charge in [-0.15, -0.1) is 0 Å². The molecule has 0 radical (unpaired) electrons. The second-order valence-electron chi connectivity index (χ2n) is 4.47. The lowest BCUT2D eigenvalue weighted by atomic mass is 10.2. The van der Waals surface area contributed by atoms with Crippen LogP contribution in [0.1, 0.15) is 16.8 Å². The van der Waals surface area contributed by atoms with E-state index in [1.807, 2.05) is 0 Å². The Hall–Kier alpha value is -3.23. The van der Waals surface area contributed by atoms with Gasteiger partial charge in [-0.25, -0.2) is 5.43 Å². The topological polar surface area (TPSA) is 133 Å². The number of nitrogens with zero attached hydrogens (tertiary/aromatic N) is 2. The average molecular weight is 303 g/mol. The van der Waals surface area contributed by atoms with E-state index in [1.54, 1.807) is 13.0 Å². The number of aromatic nitrogens is 2. The number of aromatic amines is 2. The monoisotopic (exact) mass is 303 g/mol. The van der Waals surface area contributed by atoms with Crippen LogP contribution in [0.25, 0.3) is 0 Å².